The van der Waals surface area contributed by atoms with E-state index < -0.39 is 22.0 Å². The van der Waals surface area contributed by atoms with E-state index in [9.17, 15) is 18.0 Å². The number of hydroxylamine groups is 1. The van der Waals surface area contributed by atoms with Gasteiger partial charge in [-0.1, -0.05) is 30.3 Å². The highest BCUT2D eigenvalue weighted by atomic mass is 32.2. The second kappa shape index (κ2) is 8.91. The first-order valence-corrected chi connectivity index (χ1v) is 11.3. The van der Waals surface area contributed by atoms with Crippen molar-refractivity contribution >= 4 is 33.3 Å². The van der Waals surface area contributed by atoms with Gasteiger partial charge in [-0.3, -0.25) is 10.0 Å². The second-order valence-corrected chi connectivity index (χ2v) is 9.57. The molecule has 1 saturated heterocycles. The number of thiophene rings is 1. The average molecular weight is 439 g/mol. The number of nitrogens with one attached hydrogen (secondary N) is 2. The molecule has 3 rings (SSSR count). The summed E-state index contributed by atoms with van der Waals surface area (Å²) in [5.41, 5.74) is 2.40. The minimum absolute atomic E-state index is 0.0594. The fraction of sp³-hybridized carbons (Fsp3) is 0.333. The van der Waals surface area contributed by atoms with Crippen molar-refractivity contribution in [2.75, 3.05) is 26.2 Å². The molecule has 1 aromatic carbocycles. The predicted octanol–water partition coefficient (Wildman–Crippen LogP) is 1.32. The number of hydrogen-bond acceptors (Lipinski definition) is 6. The van der Waals surface area contributed by atoms with E-state index in [0.717, 1.165) is 26.1 Å². The number of carbonyl (C=O) groups is 2. The Kier molecular flexibility index (Phi) is 6.52. The number of benzene rings is 1. The minimum Gasteiger partial charge on any atom is -0.338 e. The van der Waals surface area contributed by atoms with Crippen LogP contribution in [0.3, 0.4) is 0 Å². The maximum Gasteiger partial charge on any atom is 0.317 e. The molecular weight excluding hydrogens is 416 g/mol. The van der Waals surface area contributed by atoms with E-state index in [1.54, 1.807) is 13.0 Å². The molecule has 0 spiro atoms. The van der Waals surface area contributed by atoms with Crippen LogP contribution in [0, 0.1) is 0 Å². The normalized spacial score (nSPS) is 17.7. The monoisotopic (exact) mass is 438 g/mol. The molecule has 11 heteroatoms. The maximum atomic E-state index is 13.2. The predicted molar refractivity (Wildman–Crippen MR) is 108 cm³/mol. The van der Waals surface area contributed by atoms with Crippen LogP contribution in [0.2, 0.25) is 0 Å². The minimum atomic E-state index is -3.99. The molecule has 1 atom stereocenters. The van der Waals surface area contributed by atoms with Gasteiger partial charge in [0.2, 0.25) is 0 Å². The molecule has 29 heavy (non-hydrogen) atoms. The molecule has 3 N–H and O–H groups in total. The number of piperazine rings is 1. The lowest BCUT2D eigenvalue weighted by atomic mass is 10.2. The summed E-state index contributed by atoms with van der Waals surface area (Å²) in [5, 5.41) is 11.7. The molecule has 3 amide bonds. The molecule has 0 aliphatic carbocycles. The van der Waals surface area contributed by atoms with Gasteiger partial charge in [-0.05, 0) is 24.6 Å². The van der Waals surface area contributed by atoms with E-state index in [4.69, 9.17) is 5.21 Å². The summed E-state index contributed by atoms with van der Waals surface area (Å²) in [6.45, 7) is 2.09. The van der Waals surface area contributed by atoms with Gasteiger partial charge in [-0.25, -0.2) is 18.7 Å². The van der Waals surface area contributed by atoms with Crippen LogP contribution >= 0.6 is 11.3 Å². The molecule has 0 saturated carbocycles. The van der Waals surface area contributed by atoms with Gasteiger partial charge in [0.05, 0.1) is 0 Å². The third-order valence-corrected chi connectivity index (χ3v) is 8.07. The molecule has 1 fully saturated rings. The highest BCUT2D eigenvalue weighted by Gasteiger charge is 2.41. The van der Waals surface area contributed by atoms with E-state index in [0.29, 0.717) is 6.54 Å². The summed E-state index contributed by atoms with van der Waals surface area (Å²) in [5.74, 6) is -0.887. The lowest BCUT2D eigenvalue weighted by Crippen LogP contribution is -2.62. The third-order valence-electron chi connectivity index (χ3n) is 4.56. The third kappa shape index (κ3) is 4.42. The number of nitrogens with zero attached hydrogens (tertiary/aromatic N) is 2. The standard InChI is InChI=1S/C18H22N4O5S2/c1-2-19-18(24)21-10-11-22(14(12-21)17(23)20-25)29(26,27)16-9-8-15(28-16)13-6-4-3-5-7-13/h3-9,14,25H,2,10-12H2,1H3,(H,19,24)(H,20,23)/t14-/m1/s1. The zero-order valence-electron chi connectivity index (χ0n) is 15.7. The van der Waals surface area contributed by atoms with Crippen LogP contribution < -0.4 is 10.8 Å². The fourth-order valence-corrected chi connectivity index (χ4v) is 6.13. The molecule has 1 aromatic heterocycles. The van der Waals surface area contributed by atoms with Crippen LogP contribution in [-0.2, 0) is 14.8 Å². The zero-order chi connectivity index (χ0) is 21.0. The number of sulfonamides is 1. The molecule has 156 valence electrons. The molecule has 0 radical (unpaired) electrons. The Hall–Kier alpha value is -2.47. The van der Waals surface area contributed by atoms with Gasteiger partial charge in [0, 0.05) is 31.1 Å². The van der Waals surface area contributed by atoms with Crippen molar-refractivity contribution in [3.05, 3.63) is 42.5 Å². The van der Waals surface area contributed by atoms with Crippen molar-refractivity contribution in [3.8, 4) is 10.4 Å². The zero-order valence-corrected chi connectivity index (χ0v) is 17.4. The van der Waals surface area contributed by atoms with E-state index in [1.165, 1.54) is 16.4 Å². The van der Waals surface area contributed by atoms with Gasteiger partial charge in [0.25, 0.3) is 15.9 Å². The maximum absolute atomic E-state index is 13.2. The summed E-state index contributed by atoms with van der Waals surface area (Å²) in [7, 11) is -3.99. The van der Waals surface area contributed by atoms with Crippen molar-refractivity contribution in [1.29, 1.82) is 0 Å². The van der Waals surface area contributed by atoms with Crippen molar-refractivity contribution in [2.45, 2.75) is 17.2 Å². The smallest absolute Gasteiger partial charge is 0.317 e. The first kappa shape index (κ1) is 21.2. The molecule has 0 bridgehead atoms. The molecule has 1 aliphatic heterocycles. The van der Waals surface area contributed by atoms with Crippen molar-refractivity contribution in [1.82, 2.24) is 20.0 Å². The Bertz CT molecular complexity index is 977. The van der Waals surface area contributed by atoms with Crippen LogP contribution in [0.25, 0.3) is 10.4 Å². The van der Waals surface area contributed by atoms with Gasteiger partial charge in [-0.15, -0.1) is 11.3 Å². The highest BCUT2D eigenvalue weighted by molar-refractivity contribution is 7.91. The summed E-state index contributed by atoms with van der Waals surface area (Å²) >= 11 is 1.11. The Balaban J connectivity index is 1.88. The van der Waals surface area contributed by atoms with Crippen LogP contribution in [0.15, 0.2) is 46.7 Å². The average Bonchev–Trinajstić information content (AvgIpc) is 3.25. The molecule has 1 aliphatic rings. The SMILES string of the molecule is CCNC(=O)N1CCN(S(=O)(=O)c2ccc(-c3ccccc3)s2)[C@@H](C(=O)NO)C1. The molecule has 2 heterocycles. The lowest BCUT2D eigenvalue weighted by molar-refractivity contribution is -0.134. The van der Waals surface area contributed by atoms with Crippen LogP contribution in [0.5, 0.6) is 0 Å². The van der Waals surface area contributed by atoms with Crippen molar-refractivity contribution in [3.63, 3.8) is 0 Å². The lowest BCUT2D eigenvalue weighted by Gasteiger charge is -2.38. The Morgan fingerprint density at radius 2 is 1.90 bits per heavy atom. The first-order chi connectivity index (χ1) is 13.9. The van der Waals surface area contributed by atoms with Gasteiger partial charge < -0.3 is 10.2 Å². The number of carbonyl (C=O) groups excluding carboxylic acids is 2. The van der Waals surface area contributed by atoms with E-state index in [-0.39, 0.29) is 29.9 Å². The number of amides is 3. The van der Waals surface area contributed by atoms with Crippen molar-refractivity contribution in [2.24, 2.45) is 0 Å². The molecule has 9 nitrogen and oxygen atoms in total. The molecular formula is C18H22N4O5S2. The Morgan fingerprint density at radius 3 is 2.55 bits per heavy atom. The number of hydrogen-bond donors (Lipinski definition) is 3. The molecule has 2 aromatic rings. The van der Waals surface area contributed by atoms with E-state index >= 15 is 0 Å². The quantitative estimate of drug-likeness (QED) is 0.481. The summed E-state index contributed by atoms with van der Waals surface area (Å²) < 4.78 is 27.6. The topological polar surface area (TPSA) is 119 Å². The number of rotatable bonds is 5. The second-order valence-electron chi connectivity index (χ2n) is 6.37. The Labute approximate surface area is 172 Å². The molecule has 0 unspecified atom stereocenters. The van der Waals surface area contributed by atoms with Crippen LogP contribution in [0.4, 0.5) is 4.79 Å². The van der Waals surface area contributed by atoms with Crippen molar-refractivity contribution < 1.29 is 23.2 Å². The number of urea groups is 1. The summed E-state index contributed by atoms with van der Waals surface area (Å²) in [6, 6.07) is 11.0. The first-order valence-electron chi connectivity index (χ1n) is 9.02. The van der Waals surface area contributed by atoms with Gasteiger partial charge in [0.15, 0.2) is 0 Å². The van der Waals surface area contributed by atoms with Gasteiger partial charge >= 0.3 is 6.03 Å². The van der Waals surface area contributed by atoms with E-state index in [2.05, 4.69) is 5.32 Å². The van der Waals surface area contributed by atoms with Crippen LogP contribution in [0.1, 0.15) is 6.92 Å². The highest BCUT2D eigenvalue weighted by Crippen LogP contribution is 2.33. The fourth-order valence-electron chi connectivity index (χ4n) is 3.12. The summed E-state index contributed by atoms with van der Waals surface area (Å²) in [6.07, 6.45) is 0. The Morgan fingerprint density at radius 1 is 1.17 bits per heavy atom. The van der Waals surface area contributed by atoms with E-state index in [1.807, 2.05) is 30.3 Å². The van der Waals surface area contributed by atoms with Gasteiger partial charge in [-0.2, -0.15) is 4.31 Å². The largest absolute Gasteiger partial charge is 0.338 e. The summed E-state index contributed by atoms with van der Waals surface area (Å²) in [4.78, 5) is 26.4. The van der Waals surface area contributed by atoms with Crippen LogP contribution in [-0.4, -0.2) is 67.0 Å². The van der Waals surface area contributed by atoms with Gasteiger partial charge in [0.1, 0.15) is 10.3 Å².